The number of benzene rings is 1. The normalized spacial score (nSPS) is 10.4. The van der Waals surface area contributed by atoms with Gasteiger partial charge < -0.3 is 15.1 Å². The molecule has 0 aliphatic rings. The molecular formula is C13H13ClN2O3. The SMILES string of the molecule is CCNc1c(NC(=O)CCl)c(=O)oc2ccccc12. The van der Waals surface area contributed by atoms with E-state index < -0.39 is 11.5 Å². The van der Waals surface area contributed by atoms with Crippen molar-refractivity contribution in [1.82, 2.24) is 0 Å². The average molecular weight is 281 g/mol. The van der Waals surface area contributed by atoms with E-state index in [-0.39, 0.29) is 11.6 Å². The van der Waals surface area contributed by atoms with E-state index in [0.29, 0.717) is 17.8 Å². The molecule has 100 valence electrons. The van der Waals surface area contributed by atoms with Gasteiger partial charge in [0.25, 0.3) is 0 Å². The molecule has 0 aliphatic heterocycles. The molecule has 1 amide bonds. The van der Waals surface area contributed by atoms with Gasteiger partial charge in [0.1, 0.15) is 11.5 Å². The number of alkyl halides is 1. The van der Waals surface area contributed by atoms with Gasteiger partial charge in [-0.2, -0.15) is 0 Å². The fourth-order valence-corrected chi connectivity index (χ4v) is 1.86. The number of nitrogens with one attached hydrogen (secondary N) is 2. The number of fused-ring (bicyclic) bond motifs is 1. The fourth-order valence-electron chi connectivity index (χ4n) is 1.80. The second-order valence-electron chi connectivity index (χ2n) is 3.85. The van der Waals surface area contributed by atoms with Crippen LogP contribution in [-0.4, -0.2) is 18.3 Å². The van der Waals surface area contributed by atoms with Crippen LogP contribution < -0.4 is 16.3 Å². The average Bonchev–Trinajstić information content (AvgIpc) is 2.42. The molecule has 0 saturated carbocycles. The Hall–Kier alpha value is -2.01. The smallest absolute Gasteiger partial charge is 0.362 e. The molecule has 2 rings (SSSR count). The van der Waals surface area contributed by atoms with E-state index >= 15 is 0 Å². The van der Waals surface area contributed by atoms with Crippen LogP contribution in [0.4, 0.5) is 11.4 Å². The molecule has 19 heavy (non-hydrogen) atoms. The Kier molecular flexibility index (Phi) is 4.06. The summed E-state index contributed by atoms with van der Waals surface area (Å²) >= 11 is 5.44. The summed E-state index contributed by atoms with van der Waals surface area (Å²) in [5.41, 5.74) is 0.499. The van der Waals surface area contributed by atoms with Crippen LogP contribution in [0.15, 0.2) is 33.5 Å². The van der Waals surface area contributed by atoms with Gasteiger partial charge in [0.15, 0.2) is 5.69 Å². The predicted octanol–water partition coefficient (Wildman–Crippen LogP) is 2.40. The second kappa shape index (κ2) is 5.75. The Morgan fingerprint density at radius 3 is 2.74 bits per heavy atom. The van der Waals surface area contributed by atoms with E-state index in [4.69, 9.17) is 16.0 Å². The summed E-state index contributed by atoms with van der Waals surface area (Å²) in [4.78, 5) is 23.3. The molecule has 1 aromatic carbocycles. The molecule has 0 spiro atoms. The number of rotatable bonds is 4. The van der Waals surface area contributed by atoms with Crippen LogP contribution in [0.25, 0.3) is 11.0 Å². The van der Waals surface area contributed by atoms with Gasteiger partial charge >= 0.3 is 5.63 Å². The highest BCUT2D eigenvalue weighted by Gasteiger charge is 2.15. The predicted molar refractivity (Wildman–Crippen MR) is 76.0 cm³/mol. The number of amides is 1. The number of hydrogen-bond donors (Lipinski definition) is 2. The zero-order valence-electron chi connectivity index (χ0n) is 10.3. The van der Waals surface area contributed by atoms with E-state index in [1.54, 1.807) is 12.1 Å². The highest BCUT2D eigenvalue weighted by Crippen LogP contribution is 2.28. The standard InChI is InChI=1S/C13H13ClN2O3/c1-2-15-11-8-5-3-4-6-9(8)19-13(18)12(11)16-10(17)7-14/h3-6,15H,2,7H2,1H3,(H,16,17). The summed E-state index contributed by atoms with van der Waals surface area (Å²) in [6, 6.07) is 7.12. The van der Waals surface area contributed by atoms with Crippen molar-refractivity contribution in [1.29, 1.82) is 0 Å². The third kappa shape index (κ3) is 2.71. The van der Waals surface area contributed by atoms with Gasteiger partial charge in [0, 0.05) is 11.9 Å². The molecule has 2 aromatic rings. The number of anilines is 2. The maximum Gasteiger partial charge on any atom is 0.362 e. The molecular weight excluding hydrogens is 268 g/mol. The lowest BCUT2D eigenvalue weighted by atomic mass is 10.2. The monoisotopic (exact) mass is 280 g/mol. The number of hydrogen-bond acceptors (Lipinski definition) is 4. The molecule has 0 aliphatic carbocycles. The summed E-state index contributed by atoms with van der Waals surface area (Å²) in [7, 11) is 0. The molecule has 0 fully saturated rings. The summed E-state index contributed by atoms with van der Waals surface area (Å²) < 4.78 is 5.17. The van der Waals surface area contributed by atoms with Crippen LogP contribution in [0, 0.1) is 0 Å². The number of para-hydroxylation sites is 1. The summed E-state index contributed by atoms with van der Waals surface area (Å²) in [5, 5.41) is 6.27. The van der Waals surface area contributed by atoms with Crippen LogP contribution >= 0.6 is 11.6 Å². The Labute approximate surface area is 114 Å². The lowest BCUT2D eigenvalue weighted by molar-refractivity contribution is -0.113. The Bertz CT molecular complexity index is 666. The molecule has 1 heterocycles. The topological polar surface area (TPSA) is 71.3 Å². The van der Waals surface area contributed by atoms with Crippen LogP contribution in [-0.2, 0) is 4.79 Å². The first kappa shape index (κ1) is 13.4. The van der Waals surface area contributed by atoms with Crippen molar-refractivity contribution >= 4 is 39.9 Å². The van der Waals surface area contributed by atoms with Crippen molar-refractivity contribution in [2.45, 2.75) is 6.92 Å². The highest BCUT2D eigenvalue weighted by molar-refractivity contribution is 6.29. The molecule has 0 saturated heterocycles. The number of carbonyl (C=O) groups is 1. The quantitative estimate of drug-likeness (QED) is 0.666. The minimum Gasteiger partial charge on any atom is -0.421 e. The fraction of sp³-hybridized carbons (Fsp3) is 0.231. The lowest BCUT2D eigenvalue weighted by Crippen LogP contribution is -2.20. The van der Waals surface area contributed by atoms with Gasteiger partial charge in [-0.3, -0.25) is 4.79 Å². The second-order valence-corrected chi connectivity index (χ2v) is 4.12. The first-order chi connectivity index (χ1) is 9.17. The van der Waals surface area contributed by atoms with Crippen molar-refractivity contribution in [3.05, 3.63) is 34.7 Å². The maximum absolute atomic E-state index is 11.9. The zero-order valence-corrected chi connectivity index (χ0v) is 11.1. The van der Waals surface area contributed by atoms with Gasteiger partial charge in [-0.1, -0.05) is 12.1 Å². The molecule has 5 nitrogen and oxygen atoms in total. The van der Waals surface area contributed by atoms with E-state index in [1.165, 1.54) is 0 Å². The number of carbonyl (C=O) groups excluding carboxylic acids is 1. The van der Waals surface area contributed by atoms with E-state index in [0.717, 1.165) is 5.39 Å². The summed E-state index contributed by atoms with van der Waals surface area (Å²) in [6.07, 6.45) is 0. The van der Waals surface area contributed by atoms with Gasteiger partial charge in [-0.15, -0.1) is 11.6 Å². The minimum atomic E-state index is -0.604. The Morgan fingerprint density at radius 2 is 2.05 bits per heavy atom. The maximum atomic E-state index is 11.9. The molecule has 2 N–H and O–H groups in total. The van der Waals surface area contributed by atoms with E-state index in [1.807, 2.05) is 19.1 Å². The molecule has 1 aromatic heterocycles. The van der Waals surface area contributed by atoms with Crippen LogP contribution in [0.2, 0.25) is 0 Å². The molecule has 6 heteroatoms. The molecule has 0 bridgehead atoms. The zero-order chi connectivity index (χ0) is 13.8. The molecule has 0 atom stereocenters. The van der Waals surface area contributed by atoms with E-state index in [2.05, 4.69) is 10.6 Å². The Morgan fingerprint density at radius 1 is 1.32 bits per heavy atom. The third-order valence-corrected chi connectivity index (χ3v) is 2.80. The van der Waals surface area contributed by atoms with Crippen molar-refractivity contribution in [2.75, 3.05) is 23.1 Å². The Balaban J connectivity index is 2.66. The molecule has 0 radical (unpaired) electrons. The van der Waals surface area contributed by atoms with Crippen LogP contribution in [0.3, 0.4) is 0 Å². The largest absolute Gasteiger partial charge is 0.421 e. The van der Waals surface area contributed by atoms with Crippen LogP contribution in [0.1, 0.15) is 6.92 Å². The van der Waals surface area contributed by atoms with Crippen molar-refractivity contribution in [3.8, 4) is 0 Å². The van der Waals surface area contributed by atoms with Crippen molar-refractivity contribution < 1.29 is 9.21 Å². The van der Waals surface area contributed by atoms with Gasteiger partial charge in [0.2, 0.25) is 5.91 Å². The third-order valence-electron chi connectivity index (χ3n) is 2.55. The summed E-state index contributed by atoms with van der Waals surface area (Å²) in [5.74, 6) is -0.680. The van der Waals surface area contributed by atoms with Gasteiger partial charge in [-0.05, 0) is 19.1 Å². The van der Waals surface area contributed by atoms with Gasteiger partial charge in [0.05, 0.1) is 5.69 Å². The number of halogens is 1. The highest BCUT2D eigenvalue weighted by atomic mass is 35.5. The minimum absolute atomic E-state index is 0.0891. The van der Waals surface area contributed by atoms with Crippen LogP contribution in [0.5, 0.6) is 0 Å². The van der Waals surface area contributed by atoms with E-state index in [9.17, 15) is 9.59 Å². The van der Waals surface area contributed by atoms with Crippen molar-refractivity contribution in [3.63, 3.8) is 0 Å². The van der Waals surface area contributed by atoms with Crippen molar-refractivity contribution in [2.24, 2.45) is 0 Å². The summed E-state index contributed by atoms with van der Waals surface area (Å²) in [6.45, 7) is 2.51. The molecule has 0 unspecified atom stereocenters. The lowest BCUT2D eigenvalue weighted by Gasteiger charge is -2.12. The first-order valence-corrected chi connectivity index (χ1v) is 6.36. The van der Waals surface area contributed by atoms with Gasteiger partial charge in [-0.25, -0.2) is 4.79 Å². The first-order valence-electron chi connectivity index (χ1n) is 5.83.